The van der Waals surface area contributed by atoms with Crippen LogP contribution in [0.5, 0.6) is 0 Å². The predicted octanol–water partition coefficient (Wildman–Crippen LogP) is 2.88. The number of fused-ring (bicyclic) bond motifs is 1. The average molecular weight is 244 g/mol. The van der Waals surface area contributed by atoms with Gasteiger partial charge in [0.15, 0.2) is 0 Å². The molecule has 2 heterocycles. The highest BCUT2D eigenvalue weighted by molar-refractivity contribution is 7.00. The number of hydrogen-bond acceptors (Lipinski definition) is 4. The maximum absolute atomic E-state index is 4.47. The molecule has 0 saturated heterocycles. The molecule has 0 fully saturated rings. The van der Waals surface area contributed by atoms with E-state index in [-0.39, 0.29) is 0 Å². The second-order valence-corrected chi connectivity index (χ2v) is 4.45. The number of aryl methyl sites for hydroxylation is 2. The van der Waals surface area contributed by atoms with Crippen molar-refractivity contribution in [2.24, 2.45) is 0 Å². The van der Waals surface area contributed by atoms with Gasteiger partial charge in [0.1, 0.15) is 11.0 Å². The van der Waals surface area contributed by atoms with Crippen molar-refractivity contribution >= 4 is 22.8 Å². The van der Waals surface area contributed by atoms with Gasteiger partial charge in [-0.3, -0.25) is 4.68 Å². The summed E-state index contributed by atoms with van der Waals surface area (Å²) in [5.74, 6) is 0. The summed E-state index contributed by atoms with van der Waals surface area (Å²) in [5.41, 5.74) is 5.17. The van der Waals surface area contributed by atoms with Crippen molar-refractivity contribution in [1.29, 1.82) is 0 Å². The lowest BCUT2D eigenvalue weighted by atomic mass is 10.1. The van der Waals surface area contributed by atoms with Crippen LogP contribution < -0.4 is 0 Å². The molecule has 86 valence electrons. The van der Waals surface area contributed by atoms with Crippen LogP contribution in [0.3, 0.4) is 0 Å². The van der Waals surface area contributed by atoms with Gasteiger partial charge in [-0.05, 0) is 26.0 Å². The Balaban J connectivity index is 2.29. The molecule has 4 nitrogen and oxygen atoms in total. The zero-order valence-corrected chi connectivity index (χ0v) is 10.5. The van der Waals surface area contributed by atoms with Crippen molar-refractivity contribution in [3.63, 3.8) is 0 Å². The van der Waals surface area contributed by atoms with Crippen LogP contribution in [0.25, 0.3) is 22.3 Å². The molecular formula is C12H12N4S. The van der Waals surface area contributed by atoms with Crippen LogP contribution >= 0.6 is 11.7 Å². The van der Waals surface area contributed by atoms with Gasteiger partial charge in [0.05, 0.1) is 23.1 Å². The molecule has 17 heavy (non-hydrogen) atoms. The van der Waals surface area contributed by atoms with Gasteiger partial charge in [-0.15, -0.1) is 0 Å². The third-order valence-corrected chi connectivity index (χ3v) is 3.31. The van der Waals surface area contributed by atoms with E-state index >= 15 is 0 Å². The van der Waals surface area contributed by atoms with Crippen molar-refractivity contribution in [2.75, 3.05) is 0 Å². The van der Waals surface area contributed by atoms with Gasteiger partial charge in [-0.2, -0.15) is 13.8 Å². The molecule has 0 radical (unpaired) electrons. The maximum Gasteiger partial charge on any atom is 0.114 e. The predicted molar refractivity (Wildman–Crippen MR) is 69.0 cm³/mol. The van der Waals surface area contributed by atoms with E-state index in [0.29, 0.717) is 0 Å². The minimum absolute atomic E-state index is 0.858. The first-order valence-electron chi connectivity index (χ1n) is 5.55. The van der Waals surface area contributed by atoms with Crippen LogP contribution in [0.4, 0.5) is 0 Å². The first-order chi connectivity index (χ1) is 8.29. The second kappa shape index (κ2) is 3.92. The smallest absolute Gasteiger partial charge is 0.114 e. The Kier molecular flexibility index (Phi) is 2.40. The zero-order chi connectivity index (χ0) is 11.8. The molecule has 0 amide bonds. The van der Waals surface area contributed by atoms with E-state index in [1.165, 1.54) is 11.7 Å². The summed E-state index contributed by atoms with van der Waals surface area (Å²) < 4.78 is 10.6. The van der Waals surface area contributed by atoms with E-state index in [9.17, 15) is 0 Å². The van der Waals surface area contributed by atoms with Gasteiger partial charge >= 0.3 is 0 Å². The molecule has 0 atom stereocenters. The number of benzene rings is 1. The molecule has 0 saturated carbocycles. The van der Waals surface area contributed by atoms with E-state index in [4.69, 9.17) is 0 Å². The standard InChI is InChI=1S/C12H12N4S/c1-3-16-11(7-8(2)13-16)9-5-4-6-10-12(9)15-17-14-10/h4-7H,3H2,1-2H3. The minimum Gasteiger partial charge on any atom is -0.265 e. The Bertz CT molecular complexity index is 668. The zero-order valence-electron chi connectivity index (χ0n) is 9.71. The Labute approximate surface area is 103 Å². The lowest BCUT2D eigenvalue weighted by molar-refractivity contribution is 0.660. The van der Waals surface area contributed by atoms with Crippen LogP contribution in [0.1, 0.15) is 12.6 Å². The lowest BCUT2D eigenvalue weighted by Crippen LogP contribution is -1.99. The molecule has 0 unspecified atom stereocenters. The third kappa shape index (κ3) is 1.63. The van der Waals surface area contributed by atoms with E-state index in [2.05, 4.69) is 32.9 Å². The Hall–Kier alpha value is -1.75. The fraction of sp³-hybridized carbons (Fsp3) is 0.250. The number of aromatic nitrogens is 4. The largest absolute Gasteiger partial charge is 0.265 e. The molecule has 3 aromatic rings. The summed E-state index contributed by atoms with van der Waals surface area (Å²) in [6, 6.07) is 8.17. The SMILES string of the molecule is CCn1nc(C)cc1-c1cccc2nsnc12. The summed E-state index contributed by atoms with van der Waals surface area (Å²) in [7, 11) is 0. The van der Waals surface area contributed by atoms with Crippen molar-refractivity contribution in [2.45, 2.75) is 20.4 Å². The first kappa shape index (κ1) is 10.4. The minimum atomic E-state index is 0.858. The van der Waals surface area contributed by atoms with Gasteiger partial charge in [0.25, 0.3) is 0 Å². The van der Waals surface area contributed by atoms with Crippen molar-refractivity contribution in [3.05, 3.63) is 30.0 Å². The highest BCUT2D eigenvalue weighted by atomic mass is 32.1. The molecular weight excluding hydrogens is 232 g/mol. The summed E-state index contributed by atoms with van der Waals surface area (Å²) in [5, 5.41) is 4.47. The Morgan fingerprint density at radius 2 is 2.18 bits per heavy atom. The molecule has 0 spiro atoms. The van der Waals surface area contributed by atoms with Crippen LogP contribution in [0.15, 0.2) is 24.3 Å². The van der Waals surface area contributed by atoms with Crippen molar-refractivity contribution in [3.8, 4) is 11.3 Å². The van der Waals surface area contributed by atoms with E-state index < -0.39 is 0 Å². The molecule has 0 aliphatic carbocycles. The number of rotatable bonds is 2. The highest BCUT2D eigenvalue weighted by Crippen LogP contribution is 2.27. The van der Waals surface area contributed by atoms with E-state index in [0.717, 1.165) is 34.5 Å². The normalized spacial score (nSPS) is 11.2. The number of hydrogen-bond donors (Lipinski definition) is 0. The average Bonchev–Trinajstić information content (AvgIpc) is 2.93. The van der Waals surface area contributed by atoms with Crippen LogP contribution in [0.2, 0.25) is 0 Å². The van der Waals surface area contributed by atoms with E-state index in [1.807, 2.05) is 23.7 Å². The molecule has 0 N–H and O–H groups in total. The van der Waals surface area contributed by atoms with Gasteiger partial charge in [-0.25, -0.2) is 0 Å². The summed E-state index contributed by atoms with van der Waals surface area (Å²) in [6.45, 7) is 4.96. The summed E-state index contributed by atoms with van der Waals surface area (Å²) in [6.07, 6.45) is 0. The van der Waals surface area contributed by atoms with Crippen molar-refractivity contribution < 1.29 is 0 Å². The molecule has 0 aliphatic heterocycles. The monoisotopic (exact) mass is 244 g/mol. The second-order valence-electron chi connectivity index (χ2n) is 3.92. The van der Waals surface area contributed by atoms with Crippen LogP contribution in [-0.2, 0) is 6.54 Å². The van der Waals surface area contributed by atoms with Crippen LogP contribution in [0, 0.1) is 6.92 Å². The van der Waals surface area contributed by atoms with Crippen molar-refractivity contribution in [1.82, 2.24) is 18.5 Å². The maximum atomic E-state index is 4.47. The topological polar surface area (TPSA) is 43.6 Å². The van der Waals surface area contributed by atoms with Crippen LogP contribution in [-0.4, -0.2) is 18.5 Å². The van der Waals surface area contributed by atoms with Gasteiger partial charge in [-0.1, -0.05) is 12.1 Å². The van der Waals surface area contributed by atoms with Gasteiger partial charge in [0, 0.05) is 12.1 Å². The molecule has 0 aliphatic rings. The summed E-state index contributed by atoms with van der Waals surface area (Å²) >= 11 is 1.25. The van der Waals surface area contributed by atoms with E-state index in [1.54, 1.807) is 0 Å². The fourth-order valence-corrected chi connectivity index (χ4v) is 2.57. The fourth-order valence-electron chi connectivity index (χ4n) is 2.02. The lowest BCUT2D eigenvalue weighted by Gasteiger charge is -2.04. The molecule has 5 heteroatoms. The quantitative estimate of drug-likeness (QED) is 0.696. The third-order valence-electron chi connectivity index (χ3n) is 2.76. The molecule has 1 aromatic carbocycles. The first-order valence-corrected chi connectivity index (χ1v) is 6.28. The summed E-state index contributed by atoms with van der Waals surface area (Å²) in [4.78, 5) is 0. The highest BCUT2D eigenvalue weighted by Gasteiger charge is 2.12. The van der Waals surface area contributed by atoms with Gasteiger partial charge < -0.3 is 0 Å². The van der Waals surface area contributed by atoms with Gasteiger partial charge in [0.2, 0.25) is 0 Å². The number of nitrogens with zero attached hydrogens (tertiary/aromatic N) is 4. The molecule has 2 aromatic heterocycles. The molecule has 0 bridgehead atoms. The Morgan fingerprint density at radius 3 is 3.00 bits per heavy atom. The molecule has 3 rings (SSSR count). The Morgan fingerprint density at radius 1 is 1.29 bits per heavy atom.